The van der Waals surface area contributed by atoms with Gasteiger partial charge < -0.3 is 9.64 Å². The number of nitrogens with zero attached hydrogens (tertiary/aromatic N) is 1. The number of para-hydroxylation sites is 1. The zero-order valence-corrected chi connectivity index (χ0v) is 16.1. The van der Waals surface area contributed by atoms with E-state index in [-0.39, 0.29) is 5.97 Å². The molecule has 0 bridgehead atoms. The first-order valence-electron chi connectivity index (χ1n) is 8.44. The van der Waals surface area contributed by atoms with Crippen LogP contribution in [0.1, 0.15) is 12.0 Å². The molecular weight excluding hydrogens is 390 g/mol. The maximum Gasteiger partial charge on any atom is 0.305 e. The van der Waals surface area contributed by atoms with Gasteiger partial charge in [0.2, 0.25) is 0 Å². The van der Waals surface area contributed by atoms with Crippen LogP contribution in [0.3, 0.4) is 0 Å². The van der Waals surface area contributed by atoms with Gasteiger partial charge in [-0.25, -0.2) is 0 Å². The molecule has 4 heteroatoms. The van der Waals surface area contributed by atoms with Crippen LogP contribution < -0.4 is 4.90 Å². The first-order valence-corrected chi connectivity index (χ1v) is 9.23. The average molecular weight is 410 g/mol. The average Bonchev–Trinajstić information content (AvgIpc) is 2.69. The number of aryl methyl sites for hydroxylation is 1. The Morgan fingerprint density at radius 2 is 1.38 bits per heavy atom. The number of rotatable bonds is 6. The van der Waals surface area contributed by atoms with Gasteiger partial charge in [-0.3, -0.25) is 4.79 Å². The summed E-state index contributed by atoms with van der Waals surface area (Å²) >= 11 is 3.50. The molecule has 3 nitrogen and oxygen atoms in total. The largest absolute Gasteiger partial charge is 0.469 e. The molecule has 0 saturated heterocycles. The van der Waals surface area contributed by atoms with E-state index in [1.54, 1.807) is 0 Å². The lowest BCUT2D eigenvalue weighted by Crippen LogP contribution is -2.09. The fourth-order valence-corrected chi connectivity index (χ4v) is 3.04. The molecule has 0 atom stereocenters. The molecule has 0 amide bonds. The number of anilines is 3. The van der Waals surface area contributed by atoms with Crippen molar-refractivity contribution in [1.82, 2.24) is 0 Å². The van der Waals surface area contributed by atoms with Crippen molar-refractivity contribution < 1.29 is 9.53 Å². The summed E-state index contributed by atoms with van der Waals surface area (Å²) in [5, 5.41) is 0. The highest BCUT2D eigenvalue weighted by Gasteiger charge is 2.12. The molecular formula is C22H20BrNO2. The number of benzene rings is 3. The van der Waals surface area contributed by atoms with Crippen LogP contribution in [0.25, 0.3) is 0 Å². The van der Waals surface area contributed by atoms with E-state index in [1.807, 2.05) is 30.3 Å². The summed E-state index contributed by atoms with van der Waals surface area (Å²) in [6.07, 6.45) is 1.07. The number of esters is 1. The third-order valence-corrected chi connectivity index (χ3v) is 4.67. The van der Waals surface area contributed by atoms with Crippen LogP contribution in [0.15, 0.2) is 83.3 Å². The Morgan fingerprint density at radius 1 is 0.846 bits per heavy atom. The molecule has 26 heavy (non-hydrogen) atoms. The van der Waals surface area contributed by atoms with Gasteiger partial charge in [-0.15, -0.1) is 0 Å². The predicted molar refractivity (Wildman–Crippen MR) is 109 cm³/mol. The van der Waals surface area contributed by atoms with E-state index in [9.17, 15) is 4.79 Å². The number of hydrogen-bond acceptors (Lipinski definition) is 3. The number of ether oxygens (including phenoxy) is 1. The number of hydrogen-bond donors (Lipinski definition) is 0. The lowest BCUT2D eigenvalue weighted by atomic mass is 10.1. The van der Waals surface area contributed by atoms with Gasteiger partial charge in [0.25, 0.3) is 0 Å². The van der Waals surface area contributed by atoms with Crippen LogP contribution in [0.2, 0.25) is 0 Å². The van der Waals surface area contributed by atoms with Gasteiger partial charge >= 0.3 is 5.97 Å². The summed E-state index contributed by atoms with van der Waals surface area (Å²) in [6.45, 7) is 0. The van der Waals surface area contributed by atoms with Gasteiger partial charge in [-0.2, -0.15) is 0 Å². The summed E-state index contributed by atoms with van der Waals surface area (Å²) < 4.78 is 5.76. The van der Waals surface area contributed by atoms with Gasteiger partial charge in [-0.1, -0.05) is 46.3 Å². The second-order valence-electron chi connectivity index (χ2n) is 5.89. The monoisotopic (exact) mass is 409 g/mol. The molecule has 0 aliphatic carbocycles. The molecule has 0 aliphatic rings. The van der Waals surface area contributed by atoms with Crippen molar-refractivity contribution in [2.24, 2.45) is 0 Å². The second-order valence-corrected chi connectivity index (χ2v) is 6.81. The lowest BCUT2D eigenvalue weighted by molar-refractivity contribution is -0.140. The fourth-order valence-electron chi connectivity index (χ4n) is 2.77. The minimum atomic E-state index is -0.185. The van der Waals surface area contributed by atoms with Crippen molar-refractivity contribution in [2.45, 2.75) is 12.8 Å². The zero-order valence-electron chi connectivity index (χ0n) is 14.6. The molecule has 0 unspecified atom stereocenters. The topological polar surface area (TPSA) is 29.5 Å². The van der Waals surface area contributed by atoms with Crippen molar-refractivity contribution >= 4 is 39.0 Å². The Kier molecular flexibility index (Phi) is 6.08. The van der Waals surface area contributed by atoms with Crippen LogP contribution in [-0.2, 0) is 16.0 Å². The Labute approximate surface area is 162 Å². The van der Waals surface area contributed by atoms with E-state index < -0.39 is 0 Å². The standard InChI is InChI=1S/C22H20BrNO2/c1-26-22(25)16-9-17-7-12-20(13-8-17)24(19-5-3-2-4-6-19)21-14-10-18(23)11-15-21/h2-8,10-15H,9,16H2,1H3. The summed E-state index contributed by atoms with van der Waals surface area (Å²) in [6, 6.07) is 26.8. The minimum Gasteiger partial charge on any atom is -0.469 e. The Hall–Kier alpha value is -2.59. The van der Waals surface area contributed by atoms with Gasteiger partial charge in [-0.05, 0) is 60.5 Å². The SMILES string of the molecule is COC(=O)CCc1ccc(N(c2ccccc2)c2ccc(Br)cc2)cc1. The van der Waals surface area contributed by atoms with Gasteiger partial charge in [0.1, 0.15) is 0 Å². The number of carbonyl (C=O) groups is 1. The van der Waals surface area contributed by atoms with Gasteiger partial charge in [0.15, 0.2) is 0 Å². The maximum absolute atomic E-state index is 11.3. The highest BCUT2D eigenvalue weighted by atomic mass is 79.9. The molecule has 0 N–H and O–H groups in total. The first-order chi connectivity index (χ1) is 12.7. The molecule has 0 spiro atoms. The third kappa shape index (κ3) is 4.52. The quantitative estimate of drug-likeness (QED) is 0.465. The number of carbonyl (C=O) groups excluding carboxylic acids is 1. The lowest BCUT2D eigenvalue weighted by Gasteiger charge is -2.25. The van der Waals surface area contributed by atoms with Crippen LogP contribution >= 0.6 is 15.9 Å². The predicted octanol–water partition coefficient (Wildman–Crippen LogP) is 6.02. The summed E-state index contributed by atoms with van der Waals surface area (Å²) in [5.74, 6) is -0.185. The molecule has 0 aliphatic heterocycles. The maximum atomic E-state index is 11.3. The van der Waals surface area contributed by atoms with E-state index >= 15 is 0 Å². The van der Waals surface area contributed by atoms with E-state index in [0.717, 1.165) is 27.1 Å². The van der Waals surface area contributed by atoms with Crippen LogP contribution in [0, 0.1) is 0 Å². The zero-order chi connectivity index (χ0) is 18.4. The summed E-state index contributed by atoms with van der Waals surface area (Å²) in [5.41, 5.74) is 4.36. The van der Waals surface area contributed by atoms with Crippen molar-refractivity contribution in [2.75, 3.05) is 12.0 Å². The van der Waals surface area contributed by atoms with Crippen molar-refractivity contribution in [3.63, 3.8) is 0 Å². The Bertz CT molecular complexity index is 846. The summed E-state index contributed by atoms with van der Waals surface area (Å²) in [4.78, 5) is 13.5. The van der Waals surface area contributed by atoms with Crippen LogP contribution in [0.4, 0.5) is 17.1 Å². The molecule has 0 fully saturated rings. The normalized spacial score (nSPS) is 10.4. The number of halogens is 1. The molecule has 0 radical (unpaired) electrons. The van der Waals surface area contributed by atoms with E-state index in [0.29, 0.717) is 12.8 Å². The first kappa shape index (κ1) is 18.2. The van der Waals surface area contributed by atoms with Crippen molar-refractivity contribution in [3.8, 4) is 0 Å². The van der Waals surface area contributed by atoms with E-state index in [4.69, 9.17) is 4.74 Å². The smallest absolute Gasteiger partial charge is 0.305 e. The van der Waals surface area contributed by atoms with Gasteiger partial charge in [0.05, 0.1) is 7.11 Å². The van der Waals surface area contributed by atoms with Crippen LogP contribution in [0.5, 0.6) is 0 Å². The summed E-state index contributed by atoms with van der Waals surface area (Å²) in [7, 11) is 1.42. The molecule has 3 rings (SSSR count). The Morgan fingerprint density at radius 3 is 1.96 bits per heavy atom. The van der Waals surface area contributed by atoms with Crippen molar-refractivity contribution in [1.29, 1.82) is 0 Å². The molecule has 0 saturated carbocycles. The molecule has 0 heterocycles. The Balaban J connectivity index is 1.90. The second kappa shape index (κ2) is 8.68. The highest BCUT2D eigenvalue weighted by molar-refractivity contribution is 9.10. The van der Waals surface area contributed by atoms with Crippen molar-refractivity contribution in [3.05, 3.63) is 88.9 Å². The highest BCUT2D eigenvalue weighted by Crippen LogP contribution is 2.34. The molecule has 0 aromatic heterocycles. The third-order valence-electron chi connectivity index (χ3n) is 4.14. The molecule has 3 aromatic carbocycles. The fraction of sp³-hybridized carbons (Fsp3) is 0.136. The van der Waals surface area contributed by atoms with E-state index in [2.05, 4.69) is 69.4 Å². The van der Waals surface area contributed by atoms with E-state index in [1.165, 1.54) is 7.11 Å². The van der Waals surface area contributed by atoms with Gasteiger partial charge in [0, 0.05) is 28.0 Å². The minimum absolute atomic E-state index is 0.185. The van der Waals surface area contributed by atoms with Crippen LogP contribution in [-0.4, -0.2) is 13.1 Å². The molecule has 132 valence electrons. The molecule has 3 aromatic rings. The number of methoxy groups -OCH3 is 1.